The molecule has 3 rings (SSSR count). The molecule has 1 amide bonds. The number of hydrogen-bond acceptors (Lipinski definition) is 3. The van der Waals surface area contributed by atoms with Crippen molar-refractivity contribution in [1.29, 1.82) is 0 Å². The van der Waals surface area contributed by atoms with Crippen LogP contribution in [-0.4, -0.2) is 21.8 Å². The SMILES string of the molecule is Nc1ccc(C(=O)N(Cc2ccc(F)cc2)C2CC2)nc1. The zero-order valence-electron chi connectivity index (χ0n) is 11.5. The van der Waals surface area contributed by atoms with Crippen LogP contribution in [0.25, 0.3) is 0 Å². The zero-order chi connectivity index (χ0) is 14.8. The maximum Gasteiger partial charge on any atom is 0.272 e. The number of rotatable bonds is 4. The minimum atomic E-state index is -0.275. The van der Waals surface area contributed by atoms with E-state index >= 15 is 0 Å². The Morgan fingerprint density at radius 2 is 1.95 bits per heavy atom. The van der Waals surface area contributed by atoms with Crippen LogP contribution in [0.5, 0.6) is 0 Å². The number of amides is 1. The van der Waals surface area contributed by atoms with E-state index in [4.69, 9.17) is 5.73 Å². The maximum atomic E-state index is 13.0. The first-order chi connectivity index (χ1) is 10.1. The lowest BCUT2D eigenvalue weighted by molar-refractivity contribution is 0.0724. The number of benzene rings is 1. The Labute approximate surface area is 122 Å². The lowest BCUT2D eigenvalue weighted by Gasteiger charge is -2.22. The summed E-state index contributed by atoms with van der Waals surface area (Å²) in [5, 5.41) is 0. The fourth-order valence-electron chi connectivity index (χ4n) is 2.22. The highest BCUT2D eigenvalue weighted by Crippen LogP contribution is 2.29. The number of halogens is 1. The molecule has 1 aromatic carbocycles. The van der Waals surface area contributed by atoms with E-state index in [1.165, 1.54) is 18.3 Å². The molecule has 0 saturated heterocycles. The summed E-state index contributed by atoms with van der Waals surface area (Å²) in [6.07, 6.45) is 3.49. The van der Waals surface area contributed by atoms with Crippen LogP contribution in [0.15, 0.2) is 42.6 Å². The first kappa shape index (κ1) is 13.5. The van der Waals surface area contributed by atoms with Gasteiger partial charge in [0.1, 0.15) is 11.5 Å². The van der Waals surface area contributed by atoms with Crippen LogP contribution in [0.3, 0.4) is 0 Å². The van der Waals surface area contributed by atoms with Crippen molar-refractivity contribution < 1.29 is 9.18 Å². The van der Waals surface area contributed by atoms with Gasteiger partial charge in [0.2, 0.25) is 0 Å². The van der Waals surface area contributed by atoms with Crippen LogP contribution in [0.2, 0.25) is 0 Å². The summed E-state index contributed by atoms with van der Waals surface area (Å²) in [4.78, 5) is 18.4. The second-order valence-electron chi connectivity index (χ2n) is 5.27. The van der Waals surface area contributed by atoms with Gasteiger partial charge in [0, 0.05) is 12.6 Å². The number of aromatic nitrogens is 1. The molecule has 0 atom stereocenters. The average molecular weight is 285 g/mol. The van der Waals surface area contributed by atoms with Gasteiger partial charge in [0.05, 0.1) is 11.9 Å². The molecular weight excluding hydrogens is 269 g/mol. The number of carbonyl (C=O) groups excluding carboxylic acids is 1. The van der Waals surface area contributed by atoms with Crippen molar-refractivity contribution in [1.82, 2.24) is 9.88 Å². The molecular formula is C16H16FN3O. The number of hydrogen-bond donors (Lipinski definition) is 1. The molecule has 4 nitrogen and oxygen atoms in total. The van der Waals surface area contributed by atoms with E-state index in [0.717, 1.165) is 18.4 Å². The Kier molecular flexibility index (Phi) is 3.56. The third kappa shape index (κ3) is 3.18. The molecule has 1 aliphatic carbocycles. The van der Waals surface area contributed by atoms with Crippen LogP contribution < -0.4 is 5.73 Å². The number of nitrogens with two attached hydrogens (primary N) is 1. The summed E-state index contributed by atoms with van der Waals surface area (Å²) < 4.78 is 13.0. The molecule has 21 heavy (non-hydrogen) atoms. The molecule has 2 N–H and O–H groups in total. The second-order valence-corrected chi connectivity index (χ2v) is 5.27. The Morgan fingerprint density at radius 3 is 2.52 bits per heavy atom. The minimum Gasteiger partial charge on any atom is -0.397 e. The molecule has 0 bridgehead atoms. The fourth-order valence-corrected chi connectivity index (χ4v) is 2.22. The molecule has 0 spiro atoms. The summed E-state index contributed by atoms with van der Waals surface area (Å²) in [6, 6.07) is 9.78. The lowest BCUT2D eigenvalue weighted by Crippen LogP contribution is -2.33. The van der Waals surface area contributed by atoms with Gasteiger partial charge in [-0.1, -0.05) is 12.1 Å². The predicted octanol–water partition coefficient (Wildman–Crippen LogP) is 2.61. The van der Waals surface area contributed by atoms with Crippen LogP contribution in [0, 0.1) is 5.82 Å². The molecule has 2 aromatic rings. The molecule has 0 unspecified atom stereocenters. The monoisotopic (exact) mass is 285 g/mol. The van der Waals surface area contributed by atoms with E-state index in [1.807, 2.05) is 0 Å². The Hall–Kier alpha value is -2.43. The number of carbonyl (C=O) groups is 1. The van der Waals surface area contributed by atoms with Crippen molar-refractivity contribution in [3.63, 3.8) is 0 Å². The van der Waals surface area contributed by atoms with Gasteiger partial charge in [-0.3, -0.25) is 4.79 Å². The van der Waals surface area contributed by atoms with Crippen molar-refractivity contribution in [2.24, 2.45) is 0 Å². The molecule has 1 aliphatic rings. The van der Waals surface area contributed by atoms with Gasteiger partial charge in [-0.25, -0.2) is 9.37 Å². The smallest absolute Gasteiger partial charge is 0.272 e. The molecule has 0 radical (unpaired) electrons. The second kappa shape index (κ2) is 5.52. The summed E-state index contributed by atoms with van der Waals surface area (Å²) >= 11 is 0. The molecule has 5 heteroatoms. The van der Waals surface area contributed by atoms with Gasteiger partial charge in [-0.15, -0.1) is 0 Å². The molecule has 1 fully saturated rings. The number of nitrogen functional groups attached to an aromatic ring is 1. The van der Waals surface area contributed by atoms with Gasteiger partial charge < -0.3 is 10.6 Å². The lowest BCUT2D eigenvalue weighted by atomic mass is 10.2. The minimum absolute atomic E-state index is 0.109. The number of pyridine rings is 1. The Balaban J connectivity index is 1.79. The first-order valence-corrected chi connectivity index (χ1v) is 6.90. The van der Waals surface area contributed by atoms with Gasteiger partial charge >= 0.3 is 0 Å². The summed E-state index contributed by atoms with van der Waals surface area (Å²) in [5.74, 6) is -0.384. The summed E-state index contributed by atoms with van der Waals surface area (Å²) in [5.41, 5.74) is 7.42. The van der Waals surface area contributed by atoms with E-state index in [9.17, 15) is 9.18 Å². The van der Waals surface area contributed by atoms with Gasteiger partial charge in [0.25, 0.3) is 5.91 Å². The topological polar surface area (TPSA) is 59.2 Å². The normalized spacial score (nSPS) is 14.0. The molecule has 1 heterocycles. The standard InChI is InChI=1S/C16H16FN3O/c17-12-3-1-11(2-4-12)10-20(14-6-7-14)16(21)15-8-5-13(18)9-19-15/h1-5,8-9,14H,6-7,10,18H2. The van der Waals surface area contributed by atoms with Crippen LogP contribution in [-0.2, 0) is 6.54 Å². The Bertz CT molecular complexity index is 636. The third-order valence-corrected chi connectivity index (χ3v) is 3.52. The van der Waals surface area contributed by atoms with Crippen molar-refractivity contribution >= 4 is 11.6 Å². The van der Waals surface area contributed by atoms with Gasteiger partial charge in [-0.2, -0.15) is 0 Å². The largest absolute Gasteiger partial charge is 0.397 e. The Morgan fingerprint density at radius 1 is 1.24 bits per heavy atom. The maximum absolute atomic E-state index is 13.0. The predicted molar refractivity (Wildman–Crippen MR) is 77.9 cm³/mol. The van der Waals surface area contributed by atoms with Crippen molar-refractivity contribution in [3.05, 3.63) is 59.7 Å². The number of anilines is 1. The molecule has 1 aromatic heterocycles. The first-order valence-electron chi connectivity index (χ1n) is 6.90. The van der Waals surface area contributed by atoms with E-state index in [-0.39, 0.29) is 17.8 Å². The van der Waals surface area contributed by atoms with E-state index < -0.39 is 0 Å². The summed E-state index contributed by atoms with van der Waals surface area (Å²) in [7, 11) is 0. The molecule has 108 valence electrons. The van der Waals surface area contributed by atoms with E-state index in [1.54, 1.807) is 29.2 Å². The average Bonchev–Trinajstić information content (AvgIpc) is 3.31. The summed E-state index contributed by atoms with van der Waals surface area (Å²) in [6.45, 7) is 0.468. The van der Waals surface area contributed by atoms with E-state index in [0.29, 0.717) is 17.9 Å². The highest BCUT2D eigenvalue weighted by atomic mass is 19.1. The van der Waals surface area contributed by atoms with Crippen LogP contribution >= 0.6 is 0 Å². The van der Waals surface area contributed by atoms with Gasteiger partial charge in [-0.05, 0) is 42.7 Å². The van der Waals surface area contributed by atoms with E-state index in [2.05, 4.69) is 4.98 Å². The zero-order valence-corrected chi connectivity index (χ0v) is 11.5. The highest BCUT2D eigenvalue weighted by molar-refractivity contribution is 5.92. The van der Waals surface area contributed by atoms with Crippen molar-refractivity contribution in [2.45, 2.75) is 25.4 Å². The van der Waals surface area contributed by atoms with Gasteiger partial charge in [0.15, 0.2) is 0 Å². The fraction of sp³-hybridized carbons (Fsp3) is 0.250. The molecule has 0 aliphatic heterocycles. The highest BCUT2D eigenvalue weighted by Gasteiger charge is 2.33. The van der Waals surface area contributed by atoms with Crippen molar-refractivity contribution in [3.8, 4) is 0 Å². The number of nitrogens with zero attached hydrogens (tertiary/aromatic N) is 2. The van der Waals surface area contributed by atoms with Crippen molar-refractivity contribution in [2.75, 3.05) is 5.73 Å². The quantitative estimate of drug-likeness (QED) is 0.939. The third-order valence-electron chi connectivity index (χ3n) is 3.52. The molecule has 1 saturated carbocycles. The van der Waals surface area contributed by atoms with Crippen LogP contribution in [0.4, 0.5) is 10.1 Å². The van der Waals surface area contributed by atoms with Crippen LogP contribution in [0.1, 0.15) is 28.9 Å².